The van der Waals surface area contributed by atoms with Crippen LogP contribution in [0.25, 0.3) is 0 Å². The van der Waals surface area contributed by atoms with Crippen LogP contribution in [0, 0.1) is 46.3 Å². The highest BCUT2D eigenvalue weighted by Crippen LogP contribution is 2.68. The molecule has 0 spiro atoms. The van der Waals surface area contributed by atoms with Gasteiger partial charge in [0.2, 0.25) is 5.91 Å². The SMILES string of the molecule is C[C@H](CCC(=O)Nc1cccc(S(=O)(=O)O)c1)C1CCC2C3C(O)CC4CC(O)CC[C@]4(C)C3CC(O)[C@@]21C. The first kappa shape index (κ1) is 29.0. The van der Waals surface area contributed by atoms with E-state index >= 15 is 0 Å². The lowest BCUT2D eigenvalue weighted by Gasteiger charge is -2.63. The monoisotopic (exact) mass is 563 g/mol. The predicted molar refractivity (Wildman–Crippen MR) is 147 cm³/mol. The number of benzene rings is 1. The Balaban J connectivity index is 1.26. The number of nitrogens with one attached hydrogen (secondary N) is 1. The van der Waals surface area contributed by atoms with E-state index in [1.54, 1.807) is 6.07 Å². The van der Waals surface area contributed by atoms with Crippen LogP contribution in [-0.2, 0) is 14.9 Å². The van der Waals surface area contributed by atoms with Gasteiger partial charge in [-0.3, -0.25) is 9.35 Å². The first-order chi connectivity index (χ1) is 18.2. The molecule has 5 rings (SSSR count). The second-order valence-electron chi connectivity index (χ2n) is 13.6. The number of fused-ring (bicyclic) bond motifs is 5. The lowest BCUT2D eigenvalue weighted by atomic mass is 9.43. The summed E-state index contributed by atoms with van der Waals surface area (Å²) in [6.45, 7) is 6.70. The van der Waals surface area contributed by atoms with Crippen molar-refractivity contribution in [3.63, 3.8) is 0 Å². The molecule has 0 bridgehead atoms. The molecule has 8 unspecified atom stereocenters. The number of carbonyl (C=O) groups excluding carboxylic acids is 1. The summed E-state index contributed by atoms with van der Waals surface area (Å²) in [5.41, 5.74) is 0.0387. The molecule has 0 saturated heterocycles. The summed E-state index contributed by atoms with van der Waals surface area (Å²) in [4.78, 5) is 12.5. The molecule has 4 saturated carbocycles. The number of carbonyl (C=O) groups is 1. The van der Waals surface area contributed by atoms with Crippen molar-refractivity contribution in [3.05, 3.63) is 24.3 Å². The minimum atomic E-state index is -4.35. The fourth-order valence-corrected chi connectivity index (χ4v) is 10.2. The number of rotatable bonds is 6. The Kier molecular flexibility index (Phi) is 7.72. The average Bonchev–Trinajstić information content (AvgIpc) is 3.22. The topological polar surface area (TPSA) is 144 Å². The molecule has 4 aliphatic carbocycles. The average molecular weight is 564 g/mol. The van der Waals surface area contributed by atoms with E-state index in [-0.39, 0.29) is 63.7 Å². The minimum absolute atomic E-state index is 0.0416. The maximum Gasteiger partial charge on any atom is 0.294 e. The van der Waals surface area contributed by atoms with Crippen molar-refractivity contribution in [2.24, 2.45) is 46.3 Å². The molecule has 0 heterocycles. The first-order valence-electron chi connectivity index (χ1n) is 14.7. The lowest BCUT2D eigenvalue weighted by Crippen LogP contribution is -2.62. The van der Waals surface area contributed by atoms with Gasteiger partial charge in [-0.2, -0.15) is 8.42 Å². The Morgan fingerprint density at radius 3 is 2.54 bits per heavy atom. The molecule has 0 aromatic heterocycles. The third-order valence-corrected chi connectivity index (χ3v) is 12.6. The first-order valence-corrected chi connectivity index (χ1v) is 16.1. The van der Waals surface area contributed by atoms with Crippen LogP contribution in [-0.4, -0.2) is 52.5 Å². The maximum atomic E-state index is 12.7. The number of hydrogen-bond acceptors (Lipinski definition) is 6. The molecule has 4 aliphatic rings. The largest absolute Gasteiger partial charge is 0.393 e. The molecule has 11 atom stereocenters. The van der Waals surface area contributed by atoms with E-state index in [0.717, 1.165) is 38.5 Å². The third-order valence-electron chi connectivity index (χ3n) is 11.8. The van der Waals surface area contributed by atoms with Crippen LogP contribution in [0.15, 0.2) is 29.2 Å². The normalized spacial score (nSPS) is 42.6. The third kappa shape index (κ3) is 5.07. The number of hydrogen-bond donors (Lipinski definition) is 5. The van der Waals surface area contributed by atoms with Crippen molar-refractivity contribution >= 4 is 21.7 Å². The van der Waals surface area contributed by atoms with Gasteiger partial charge in [-0.15, -0.1) is 0 Å². The van der Waals surface area contributed by atoms with Gasteiger partial charge in [-0.05, 0) is 116 Å². The van der Waals surface area contributed by atoms with Crippen molar-refractivity contribution in [1.82, 2.24) is 0 Å². The summed E-state index contributed by atoms with van der Waals surface area (Å²) in [5, 5.41) is 36.2. The van der Waals surface area contributed by atoms with Gasteiger partial charge in [-0.25, -0.2) is 0 Å². The zero-order chi connectivity index (χ0) is 28.3. The van der Waals surface area contributed by atoms with Crippen LogP contribution in [0.3, 0.4) is 0 Å². The molecule has 5 N–H and O–H groups in total. The van der Waals surface area contributed by atoms with Crippen LogP contribution < -0.4 is 5.32 Å². The van der Waals surface area contributed by atoms with E-state index in [2.05, 4.69) is 26.1 Å². The Hall–Kier alpha value is -1.52. The Morgan fingerprint density at radius 1 is 1.08 bits per heavy atom. The molecule has 0 radical (unpaired) electrons. The lowest BCUT2D eigenvalue weighted by molar-refractivity contribution is -0.207. The van der Waals surface area contributed by atoms with Crippen molar-refractivity contribution in [3.8, 4) is 0 Å². The van der Waals surface area contributed by atoms with E-state index in [0.29, 0.717) is 24.4 Å². The molecular formula is C30H45NO7S. The fraction of sp³-hybridized carbons (Fsp3) is 0.767. The number of aliphatic hydroxyl groups is 3. The summed E-state index contributed by atoms with van der Waals surface area (Å²) < 4.78 is 32.1. The summed E-state index contributed by atoms with van der Waals surface area (Å²) in [6.07, 6.45) is 5.59. The van der Waals surface area contributed by atoms with Gasteiger partial charge in [0.1, 0.15) is 0 Å². The predicted octanol–water partition coefficient (Wildman–Crippen LogP) is 4.25. The minimum Gasteiger partial charge on any atom is -0.393 e. The van der Waals surface area contributed by atoms with Crippen LogP contribution in [0.2, 0.25) is 0 Å². The molecule has 4 fully saturated rings. The summed E-state index contributed by atoms with van der Waals surface area (Å²) in [7, 11) is -4.35. The Labute approximate surface area is 232 Å². The second-order valence-corrected chi connectivity index (χ2v) is 15.0. The van der Waals surface area contributed by atoms with Crippen LogP contribution >= 0.6 is 0 Å². The maximum absolute atomic E-state index is 12.7. The molecular weight excluding hydrogens is 518 g/mol. The van der Waals surface area contributed by atoms with Crippen molar-refractivity contribution in [2.75, 3.05) is 5.32 Å². The van der Waals surface area contributed by atoms with Gasteiger partial charge >= 0.3 is 0 Å². The highest BCUT2D eigenvalue weighted by atomic mass is 32.2. The standard InChI is InChI=1S/C30H45NO7S/c1-17(7-10-27(35)31-19-5-4-6-21(15-19)39(36,37)38)22-8-9-23-28-24(16-26(34)30(22,23)3)29(2)12-11-20(32)13-18(29)14-25(28)33/h4-6,15,17-18,20,22-26,28,32-34H,7-14,16H2,1-3H3,(H,31,35)(H,36,37,38)/t17-,18?,20?,22?,23?,24?,25?,26?,28?,29+,30-/m1/s1. The zero-order valence-electron chi connectivity index (χ0n) is 23.3. The molecule has 8 nitrogen and oxygen atoms in total. The van der Waals surface area contributed by atoms with E-state index < -0.39 is 22.3 Å². The van der Waals surface area contributed by atoms with Gasteiger partial charge in [0.25, 0.3) is 10.1 Å². The van der Waals surface area contributed by atoms with Crippen LogP contribution in [0.1, 0.15) is 78.6 Å². The fourth-order valence-electron chi connectivity index (χ4n) is 9.65. The zero-order valence-corrected chi connectivity index (χ0v) is 24.1. The van der Waals surface area contributed by atoms with Gasteiger partial charge in [-0.1, -0.05) is 26.8 Å². The van der Waals surface area contributed by atoms with E-state index in [1.165, 1.54) is 18.2 Å². The molecule has 218 valence electrons. The molecule has 0 aliphatic heterocycles. The van der Waals surface area contributed by atoms with E-state index in [9.17, 15) is 33.1 Å². The van der Waals surface area contributed by atoms with E-state index in [4.69, 9.17) is 0 Å². The quantitative estimate of drug-likeness (QED) is 0.326. The molecule has 39 heavy (non-hydrogen) atoms. The molecule has 1 aromatic rings. The van der Waals surface area contributed by atoms with Gasteiger partial charge in [0, 0.05) is 12.1 Å². The van der Waals surface area contributed by atoms with Gasteiger partial charge < -0.3 is 20.6 Å². The molecule has 1 aromatic carbocycles. The summed E-state index contributed by atoms with van der Waals surface area (Å²) in [5.74, 6) is 1.14. The second kappa shape index (κ2) is 10.4. The Bertz CT molecular complexity index is 1190. The van der Waals surface area contributed by atoms with Crippen LogP contribution in [0.5, 0.6) is 0 Å². The number of amides is 1. The van der Waals surface area contributed by atoms with Crippen molar-refractivity contribution < 1.29 is 33.1 Å². The highest BCUT2D eigenvalue weighted by molar-refractivity contribution is 7.85. The summed E-state index contributed by atoms with van der Waals surface area (Å²) in [6, 6.07) is 5.56. The van der Waals surface area contributed by atoms with Gasteiger partial charge in [0.05, 0.1) is 23.2 Å². The number of anilines is 1. The Morgan fingerprint density at radius 2 is 1.82 bits per heavy atom. The van der Waals surface area contributed by atoms with E-state index in [1.807, 2.05) is 0 Å². The highest BCUT2D eigenvalue weighted by Gasteiger charge is 2.65. The van der Waals surface area contributed by atoms with Gasteiger partial charge in [0.15, 0.2) is 0 Å². The van der Waals surface area contributed by atoms with Crippen molar-refractivity contribution in [2.45, 2.75) is 102 Å². The van der Waals surface area contributed by atoms with Crippen molar-refractivity contribution in [1.29, 1.82) is 0 Å². The molecule has 9 heteroatoms. The molecule has 1 amide bonds. The smallest absolute Gasteiger partial charge is 0.294 e. The van der Waals surface area contributed by atoms with Crippen LogP contribution in [0.4, 0.5) is 5.69 Å². The summed E-state index contributed by atoms with van der Waals surface area (Å²) >= 11 is 0. The number of aliphatic hydroxyl groups excluding tert-OH is 3.